The van der Waals surface area contributed by atoms with Crippen molar-refractivity contribution in [1.82, 2.24) is 29.6 Å². The van der Waals surface area contributed by atoms with Gasteiger partial charge in [-0.2, -0.15) is 14.3 Å². The molecule has 6 rings (SSSR count). The van der Waals surface area contributed by atoms with E-state index in [0.717, 1.165) is 22.4 Å². The molecule has 0 bridgehead atoms. The van der Waals surface area contributed by atoms with E-state index in [9.17, 15) is 4.79 Å². The second-order valence-electron chi connectivity index (χ2n) is 8.54. The SMILES string of the molecule is COc1cccc([C@H]2CC(=O)Nc3c2c(C)nn3-c2ccc3nncn3n2)c1OCc1ccccc1. The van der Waals surface area contributed by atoms with Crippen molar-refractivity contribution < 1.29 is 14.3 Å². The number of rotatable bonds is 6. The molecular formula is C26H23N7O3. The van der Waals surface area contributed by atoms with E-state index < -0.39 is 0 Å². The number of amides is 1. The van der Waals surface area contributed by atoms with Crippen molar-refractivity contribution >= 4 is 17.4 Å². The van der Waals surface area contributed by atoms with Crippen molar-refractivity contribution in [2.45, 2.75) is 25.9 Å². The highest BCUT2D eigenvalue weighted by Crippen LogP contribution is 2.45. The summed E-state index contributed by atoms with van der Waals surface area (Å²) in [6.07, 6.45) is 1.78. The third-order valence-corrected chi connectivity index (χ3v) is 6.30. The number of fused-ring (bicyclic) bond motifs is 2. The number of aromatic nitrogens is 6. The summed E-state index contributed by atoms with van der Waals surface area (Å²) >= 11 is 0. The van der Waals surface area contributed by atoms with Gasteiger partial charge in [0.25, 0.3) is 0 Å². The van der Waals surface area contributed by atoms with Crippen LogP contribution in [0.1, 0.15) is 34.7 Å². The summed E-state index contributed by atoms with van der Waals surface area (Å²) in [6, 6.07) is 19.3. The van der Waals surface area contributed by atoms with Crippen molar-refractivity contribution in [1.29, 1.82) is 0 Å². The number of hydrogen-bond acceptors (Lipinski definition) is 7. The van der Waals surface area contributed by atoms with Crippen molar-refractivity contribution in [2.75, 3.05) is 12.4 Å². The summed E-state index contributed by atoms with van der Waals surface area (Å²) < 4.78 is 15.2. The maximum atomic E-state index is 12.9. The van der Waals surface area contributed by atoms with Gasteiger partial charge in [-0.25, -0.2) is 0 Å². The van der Waals surface area contributed by atoms with Crippen molar-refractivity contribution in [3.05, 3.63) is 89.4 Å². The van der Waals surface area contributed by atoms with Crippen molar-refractivity contribution in [2.24, 2.45) is 0 Å². The first-order valence-corrected chi connectivity index (χ1v) is 11.5. The Morgan fingerprint density at radius 1 is 1.06 bits per heavy atom. The summed E-state index contributed by atoms with van der Waals surface area (Å²) in [5.41, 5.74) is 4.23. The third-order valence-electron chi connectivity index (χ3n) is 6.30. The minimum absolute atomic E-state index is 0.115. The number of hydrogen-bond donors (Lipinski definition) is 1. The van der Waals surface area contributed by atoms with Gasteiger partial charge in [0, 0.05) is 23.5 Å². The number of benzene rings is 2. The van der Waals surface area contributed by atoms with Crippen LogP contribution < -0.4 is 14.8 Å². The Balaban J connectivity index is 1.44. The Hall–Kier alpha value is -4.73. The normalized spacial score (nSPS) is 14.9. The van der Waals surface area contributed by atoms with Crippen LogP contribution in [0.4, 0.5) is 5.82 Å². The van der Waals surface area contributed by atoms with Gasteiger partial charge in [-0.05, 0) is 30.7 Å². The number of carbonyl (C=O) groups excluding carboxylic acids is 1. The van der Waals surface area contributed by atoms with E-state index in [1.807, 2.05) is 55.5 Å². The number of nitrogens with zero attached hydrogens (tertiary/aromatic N) is 6. The highest BCUT2D eigenvalue weighted by Gasteiger charge is 2.35. The van der Waals surface area contributed by atoms with Gasteiger partial charge in [0.1, 0.15) is 18.8 Å². The predicted molar refractivity (Wildman–Crippen MR) is 131 cm³/mol. The molecule has 10 heteroatoms. The van der Waals surface area contributed by atoms with Crippen LogP contribution in [0.15, 0.2) is 67.0 Å². The highest BCUT2D eigenvalue weighted by molar-refractivity contribution is 5.95. The Morgan fingerprint density at radius 3 is 2.75 bits per heavy atom. The van der Waals surface area contributed by atoms with E-state index in [2.05, 4.69) is 20.6 Å². The van der Waals surface area contributed by atoms with Crippen LogP contribution in [-0.4, -0.2) is 42.6 Å². The number of nitrogens with one attached hydrogen (secondary N) is 1. The van der Waals surface area contributed by atoms with Gasteiger partial charge in [-0.3, -0.25) is 4.79 Å². The predicted octanol–water partition coefficient (Wildman–Crippen LogP) is 3.68. The monoisotopic (exact) mass is 481 g/mol. The molecule has 1 N–H and O–H groups in total. The lowest BCUT2D eigenvalue weighted by Crippen LogP contribution is -2.25. The lowest BCUT2D eigenvalue weighted by molar-refractivity contribution is -0.116. The maximum absolute atomic E-state index is 12.9. The zero-order chi connectivity index (χ0) is 24.6. The van der Waals surface area contributed by atoms with Crippen LogP contribution in [-0.2, 0) is 11.4 Å². The standard InChI is InChI=1S/C26H23N7O3/c1-16-24-19(18-9-6-10-20(35-2)25(18)36-14-17-7-4-3-5-8-17)13-23(34)28-26(24)33(30-16)22-12-11-21-29-27-15-32(21)31-22/h3-12,15,19H,13-14H2,1-2H3,(H,28,34)/t19-/m1/s1. The van der Waals surface area contributed by atoms with Gasteiger partial charge in [-0.15, -0.1) is 15.3 Å². The second-order valence-corrected chi connectivity index (χ2v) is 8.54. The minimum Gasteiger partial charge on any atom is -0.493 e. The summed E-state index contributed by atoms with van der Waals surface area (Å²) in [7, 11) is 1.61. The van der Waals surface area contributed by atoms with Crippen molar-refractivity contribution in [3.63, 3.8) is 0 Å². The zero-order valence-electron chi connectivity index (χ0n) is 19.8. The molecule has 1 atom stereocenters. The summed E-state index contributed by atoms with van der Waals surface area (Å²) in [6.45, 7) is 2.31. The molecule has 5 aromatic rings. The number of ether oxygens (including phenoxy) is 2. The van der Waals surface area contributed by atoms with E-state index in [4.69, 9.17) is 14.6 Å². The van der Waals surface area contributed by atoms with E-state index >= 15 is 0 Å². The Bertz CT molecular complexity index is 1580. The average molecular weight is 482 g/mol. The molecule has 0 spiro atoms. The first-order chi connectivity index (χ1) is 17.6. The average Bonchev–Trinajstić information content (AvgIpc) is 3.51. The zero-order valence-corrected chi connectivity index (χ0v) is 19.8. The number of anilines is 1. The quantitative estimate of drug-likeness (QED) is 0.394. The van der Waals surface area contributed by atoms with Crippen LogP contribution in [0, 0.1) is 6.92 Å². The molecule has 3 aromatic heterocycles. The topological polar surface area (TPSA) is 108 Å². The number of methoxy groups -OCH3 is 1. The van der Waals surface area contributed by atoms with Gasteiger partial charge in [0.15, 0.2) is 23.0 Å². The maximum Gasteiger partial charge on any atom is 0.226 e. The molecule has 10 nitrogen and oxygen atoms in total. The highest BCUT2D eigenvalue weighted by atomic mass is 16.5. The van der Waals surface area contributed by atoms with Crippen LogP contribution >= 0.6 is 0 Å². The molecule has 0 unspecified atom stereocenters. The molecule has 4 heterocycles. The molecule has 0 saturated carbocycles. The van der Waals surface area contributed by atoms with E-state index in [-0.39, 0.29) is 18.2 Å². The first kappa shape index (κ1) is 21.8. The first-order valence-electron chi connectivity index (χ1n) is 11.5. The van der Waals surface area contributed by atoms with Crippen LogP contribution in [0.3, 0.4) is 0 Å². The van der Waals surface area contributed by atoms with Gasteiger partial charge >= 0.3 is 0 Å². The Morgan fingerprint density at radius 2 is 1.92 bits per heavy atom. The summed E-state index contributed by atoms with van der Waals surface area (Å²) in [4.78, 5) is 12.9. The smallest absolute Gasteiger partial charge is 0.226 e. The molecule has 180 valence electrons. The summed E-state index contributed by atoms with van der Waals surface area (Å²) in [5, 5.41) is 20.2. The molecular weight excluding hydrogens is 458 g/mol. The van der Waals surface area contributed by atoms with E-state index in [0.29, 0.717) is 35.4 Å². The molecule has 0 radical (unpaired) electrons. The fourth-order valence-electron chi connectivity index (χ4n) is 4.66. The van der Waals surface area contributed by atoms with Gasteiger partial charge in [0.05, 0.1) is 12.8 Å². The Kier molecular flexibility index (Phi) is 5.33. The van der Waals surface area contributed by atoms with Crippen molar-refractivity contribution in [3.8, 4) is 17.3 Å². The van der Waals surface area contributed by atoms with E-state index in [1.165, 1.54) is 6.33 Å². The van der Waals surface area contributed by atoms with Crippen LogP contribution in [0.25, 0.3) is 11.5 Å². The largest absolute Gasteiger partial charge is 0.493 e. The molecule has 0 aliphatic carbocycles. The molecule has 0 saturated heterocycles. The summed E-state index contributed by atoms with van der Waals surface area (Å²) in [5.74, 6) is 1.97. The fraction of sp³-hybridized carbons (Fsp3) is 0.192. The van der Waals surface area contributed by atoms with Crippen LogP contribution in [0.5, 0.6) is 11.5 Å². The molecule has 36 heavy (non-hydrogen) atoms. The molecule has 0 fully saturated rings. The molecule has 1 aliphatic heterocycles. The van der Waals surface area contributed by atoms with Crippen LogP contribution in [0.2, 0.25) is 0 Å². The van der Waals surface area contributed by atoms with E-state index in [1.54, 1.807) is 28.4 Å². The number of carbonyl (C=O) groups is 1. The Labute approximate surface area is 206 Å². The van der Waals surface area contributed by atoms with Gasteiger partial charge < -0.3 is 14.8 Å². The lowest BCUT2D eigenvalue weighted by atomic mass is 9.85. The lowest BCUT2D eigenvalue weighted by Gasteiger charge is -2.26. The number of para-hydroxylation sites is 1. The second kappa shape index (κ2) is 8.81. The third kappa shape index (κ3) is 3.72. The van der Waals surface area contributed by atoms with Gasteiger partial charge in [-0.1, -0.05) is 42.5 Å². The van der Waals surface area contributed by atoms with Gasteiger partial charge in [0.2, 0.25) is 5.91 Å². The minimum atomic E-state index is -0.276. The number of aryl methyl sites for hydroxylation is 1. The fourth-order valence-corrected chi connectivity index (χ4v) is 4.66. The molecule has 1 aliphatic rings. The molecule has 1 amide bonds. The molecule has 2 aromatic carbocycles.